The third-order valence-electron chi connectivity index (χ3n) is 5.60. The SMILES string of the molecule is CNS(=O)(=O)c1cnc(NC(=O)CC(c2ccc(S(C)(=O)=O)c(Cl)c2)C2CCCC2)cn1. The molecule has 1 amide bonds. The van der Waals surface area contributed by atoms with E-state index >= 15 is 0 Å². The molecule has 1 aliphatic carbocycles. The van der Waals surface area contributed by atoms with Gasteiger partial charge in [-0.05, 0) is 49.4 Å². The standard InChI is InChI=1S/C20H25ClN4O5S2/c1-22-32(29,30)20-12-23-18(11-24-20)25-19(26)10-15(13-5-3-4-6-13)14-7-8-17(16(21)9-14)31(2,27)28/h7-9,11-13,15,22H,3-6,10H2,1-2H3,(H,23,25,26). The second-order valence-electron chi connectivity index (χ2n) is 7.81. The van der Waals surface area contributed by atoms with Crippen LogP contribution < -0.4 is 10.0 Å². The summed E-state index contributed by atoms with van der Waals surface area (Å²) in [5.41, 5.74) is 0.811. The predicted octanol–water partition coefficient (Wildman–Crippen LogP) is 2.74. The van der Waals surface area contributed by atoms with E-state index in [-0.39, 0.29) is 44.9 Å². The van der Waals surface area contributed by atoms with Gasteiger partial charge in [-0.3, -0.25) is 4.79 Å². The first kappa shape index (κ1) is 24.6. The van der Waals surface area contributed by atoms with E-state index < -0.39 is 19.9 Å². The first-order valence-corrected chi connectivity index (χ1v) is 13.8. The molecule has 0 spiro atoms. The van der Waals surface area contributed by atoms with Crippen molar-refractivity contribution in [3.8, 4) is 0 Å². The van der Waals surface area contributed by atoms with E-state index in [1.165, 1.54) is 19.3 Å². The van der Waals surface area contributed by atoms with E-state index in [0.29, 0.717) is 0 Å². The summed E-state index contributed by atoms with van der Waals surface area (Å²) in [6, 6.07) is 4.83. The summed E-state index contributed by atoms with van der Waals surface area (Å²) in [5, 5.41) is 2.55. The van der Waals surface area contributed by atoms with Gasteiger partial charge in [-0.25, -0.2) is 31.5 Å². The number of benzene rings is 1. The third-order valence-corrected chi connectivity index (χ3v) is 8.48. The number of sulfone groups is 1. The Balaban J connectivity index is 1.79. The van der Waals surface area contributed by atoms with Gasteiger partial charge in [0.1, 0.15) is 0 Å². The Morgan fingerprint density at radius 1 is 1.16 bits per heavy atom. The number of rotatable bonds is 8. The van der Waals surface area contributed by atoms with Crippen LogP contribution in [-0.4, -0.2) is 46.0 Å². The Morgan fingerprint density at radius 2 is 1.84 bits per heavy atom. The van der Waals surface area contributed by atoms with Crippen LogP contribution in [0.5, 0.6) is 0 Å². The Morgan fingerprint density at radius 3 is 2.38 bits per heavy atom. The molecule has 9 nitrogen and oxygen atoms in total. The van der Waals surface area contributed by atoms with Crippen LogP contribution in [0.15, 0.2) is 40.5 Å². The van der Waals surface area contributed by atoms with Gasteiger partial charge in [0.2, 0.25) is 5.91 Å². The van der Waals surface area contributed by atoms with Gasteiger partial charge in [0.25, 0.3) is 10.0 Å². The van der Waals surface area contributed by atoms with Gasteiger partial charge in [-0.1, -0.05) is 30.5 Å². The summed E-state index contributed by atoms with van der Waals surface area (Å²) in [4.78, 5) is 20.6. The molecule has 1 saturated carbocycles. The number of anilines is 1. The van der Waals surface area contributed by atoms with Crippen molar-refractivity contribution in [2.24, 2.45) is 5.92 Å². The molecule has 0 saturated heterocycles. The molecule has 1 atom stereocenters. The minimum absolute atomic E-state index is 0.0597. The zero-order chi connectivity index (χ0) is 23.5. The van der Waals surface area contributed by atoms with Gasteiger partial charge in [0, 0.05) is 12.7 Å². The zero-order valence-electron chi connectivity index (χ0n) is 17.7. The van der Waals surface area contributed by atoms with Crippen LogP contribution >= 0.6 is 11.6 Å². The molecule has 1 heterocycles. The molecule has 174 valence electrons. The maximum atomic E-state index is 12.8. The van der Waals surface area contributed by atoms with E-state index in [1.807, 2.05) is 0 Å². The number of nitrogens with zero attached hydrogens (tertiary/aromatic N) is 2. The van der Waals surface area contributed by atoms with Crippen molar-refractivity contribution in [2.45, 2.75) is 47.9 Å². The second kappa shape index (κ2) is 9.82. The molecule has 1 aliphatic rings. The largest absolute Gasteiger partial charge is 0.309 e. The van der Waals surface area contributed by atoms with Gasteiger partial charge >= 0.3 is 0 Å². The summed E-state index contributed by atoms with van der Waals surface area (Å²) in [6.45, 7) is 0. The second-order valence-corrected chi connectivity index (χ2v) is 12.0. The highest BCUT2D eigenvalue weighted by atomic mass is 35.5. The summed E-state index contributed by atoms with van der Waals surface area (Å²) in [7, 11) is -5.90. The average molecular weight is 501 g/mol. The Labute approximate surface area is 193 Å². The van der Waals surface area contributed by atoms with Crippen molar-refractivity contribution in [3.05, 3.63) is 41.2 Å². The van der Waals surface area contributed by atoms with E-state index in [9.17, 15) is 21.6 Å². The molecule has 0 radical (unpaired) electrons. The minimum Gasteiger partial charge on any atom is -0.309 e. The maximum Gasteiger partial charge on any atom is 0.259 e. The molecule has 3 rings (SSSR count). The first-order valence-electron chi connectivity index (χ1n) is 10.1. The maximum absolute atomic E-state index is 12.8. The molecule has 12 heteroatoms. The lowest BCUT2D eigenvalue weighted by Gasteiger charge is -2.24. The molecular formula is C20H25ClN4O5S2. The number of sulfonamides is 1. The number of aromatic nitrogens is 2. The molecule has 1 unspecified atom stereocenters. The molecule has 1 aromatic carbocycles. The van der Waals surface area contributed by atoms with Gasteiger partial charge in [-0.2, -0.15) is 0 Å². The smallest absolute Gasteiger partial charge is 0.259 e. The summed E-state index contributed by atoms with van der Waals surface area (Å²) >= 11 is 6.24. The molecule has 1 fully saturated rings. The number of carbonyl (C=O) groups excluding carboxylic acids is 1. The number of halogens is 1. The summed E-state index contributed by atoms with van der Waals surface area (Å²) in [6.07, 6.45) is 7.60. The normalized spacial score (nSPS) is 16.1. The molecule has 32 heavy (non-hydrogen) atoms. The average Bonchev–Trinajstić information content (AvgIpc) is 3.26. The zero-order valence-corrected chi connectivity index (χ0v) is 20.1. The quantitative estimate of drug-likeness (QED) is 0.568. The fraction of sp³-hybridized carbons (Fsp3) is 0.450. The highest BCUT2D eigenvalue weighted by molar-refractivity contribution is 7.90. The van der Waals surface area contributed by atoms with Gasteiger partial charge in [-0.15, -0.1) is 0 Å². The number of amides is 1. The predicted molar refractivity (Wildman–Crippen MR) is 121 cm³/mol. The summed E-state index contributed by atoms with van der Waals surface area (Å²) in [5.74, 6) is -0.0277. The molecule has 1 aromatic heterocycles. The number of nitrogens with one attached hydrogen (secondary N) is 2. The molecular weight excluding hydrogens is 476 g/mol. The number of hydrogen-bond donors (Lipinski definition) is 2. The highest BCUT2D eigenvalue weighted by Gasteiger charge is 2.29. The van der Waals surface area contributed by atoms with Crippen LogP contribution in [0, 0.1) is 5.92 Å². The van der Waals surface area contributed by atoms with Crippen molar-refractivity contribution in [3.63, 3.8) is 0 Å². The minimum atomic E-state index is -3.72. The van der Waals surface area contributed by atoms with E-state index in [1.54, 1.807) is 12.1 Å². The van der Waals surface area contributed by atoms with Gasteiger partial charge in [0.15, 0.2) is 20.7 Å². The van der Waals surface area contributed by atoms with Crippen LogP contribution in [0.25, 0.3) is 0 Å². The van der Waals surface area contributed by atoms with Crippen molar-refractivity contribution >= 4 is 43.2 Å². The summed E-state index contributed by atoms with van der Waals surface area (Å²) < 4.78 is 49.4. The molecule has 0 bridgehead atoms. The Bertz CT molecular complexity index is 1190. The third kappa shape index (κ3) is 5.83. The van der Waals surface area contributed by atoms with E-state index in [4.69, 9.17) is 11.6 Å². The Kier molecular flexibility index (Phi) is 7.53. The lowest BCUT2D eigenvalue weighted by Crippen LogP contribution is -2.22. The van der Waals surface area contributed by atoms with Gasteiger partial charge in [0.05, 0.1) is 22.3 Å². The van der Waals surface area contributed by atoms with Gasteiger partial charge < -0.3 is 5.32 Å². The fourth-order valence-electron chi connectivity index (χ4n) is 3.98. The lowest BCUT2D eigenvalue weighted by molar-refractivity contribution is -0.116. The molecule has 2 aromatic rings. The number of hydrogen-bond acceptors (Lipinski definition) is 7. The highest BCUT2D eigenvalue weighted by Crippen LogP contribution is 2.40. The van der Waals surface area contributed by atoms with Crippen LogP contribution in [0.4, 0.5) is 5.82 Å². The van der Waals surface area contributed by atoms with Crippen molar-refractivity contribution in [2.75, 3.05) is 18.6 Å². The lowest BCUT2D eigenvalue weighted by atomic mass is 9.82. The fourth-order valence-corrected chi connectivity index (χ4v) is 5.91. The monoisotopic (exact) mass is 500 g/mol. The van der Waals surface area contributed by atoms with E-state index in [0.717, 1.165) is 43.7 Å². The van der Waals surface area contributed by atoms with Crippen molar-refractivity contribution in [1.29, 1.82) is 0 Å². The topological polar surface area (TPSA) is 135 Å². The first-order chi connectivity index (χ1) is 15.0. The van der Waals surface area contributed by atoms with Crippen molar-refractivity contribution in [1.82, 2.24) is 14.7 Å². The van der Waals surface area contributed by atoms with Crippen LogP contribution in [-0.2, 0) is 24.7 Å². The molecule has 0 aliphatic heterocycles. The van der Waals surface area contributed by atoms with Crippen LogP contribution in [0.3, 0.4) is 0 Å². The van der Waals surface area contributed by atoms with Crippen molar-refractivity contribution < 1.29 is 21.6 Å². The Hall–Kier alpha value is -2.08. The molecule has 2 N–H and O–H groups in total. The van der Waals surface area contributed by atoms with Crippen LogP contribution in [0.2, 0.25) is 5.02 Å². The van der Waals surface area contributed by atoms with E-state index in [2.05, 4.69) is 20.0 Å². The number of carbonyl (C=O) groups is 1. The van der Waals surface area contributed by atoms with Crippen LogP contribution in [0.1, 0.15) is 43.6 Å².